The van der Waals surface area contributed by atoms with Crippen LogP contribution in [-0.4, -0.2) is 0 Å². The second-order valence-electron chi connectivity index (χ2n) is 3.91. The topological polar surface area (TPSA) is 35.2 Å². The Labute approximate surface area is 99.8 Å². The van der Waals surface area contributed by atoms with Crippen molar-refractivity contribution in [3.63, 3.8) is 0 Å². The summed E-state index contributed by atoms with van der Waals surface area (Å²) >= 11 is 0. The Morgan fingerprint density at radius 1 is 1.18 bits per heavy atom. The summed E-state index contributed by atoms with van der Waals surface area (Å²) in [6, 6.07) is 12.4. The summed E-state index contributed by atoms with van der Waals surface area (Å²) in [7, 11) is 0. The Morgan fingerprint density at radius 3 is 2.71 bits per heavy atom. The predicted molar refractivity (Wildman–Crippen MR) is 66.3 cm³/mol. The first kappa shape index (κ1) is 11.5. The molecule has 2 aromatic rings. The van der Waals surface area contributed by atoms with Crippen LogP contribution >= 0.6 is 0 Å². The van der Waals surface area contributed by atoms with E-state index in [0.29, 0.717) is 22.6 Å². The van der Waals surface area contributed by atoms with Crippen molar-refractivity contribution in [3.05, 3.63) is 59.4 Å². The molecule has 0 saturated carbocycles. The van der Waals surface area contributed by atoms with Crippen molar-refractivity contribution in [1.29, 1.82) is 0 Å². The highest BCUT2D eigenvalue weighted by Gasteiger charge is 2.05. The van der Waals surface area contributed by atoms with Gasteiger partial charge in [-0.1, -0.05) is 24.3 Å². The van der Waals surface area contributed by atoms with Crippen LogP contribution in [0.4, 0.5) is 10.1 Å². The molecule has 0 aliphatic heterocycles. The zero-order chi connectivity index (χ0) is 12.3. The highest BCUT2D eigenvalue weighted by molar-refractivity contribution is 5.43. The molecular weight excluding hydrogens is 217 g/mol. The highest BCUT2D eigenvalue weighted by Crippen LogP contribution is 2.18. The molecule has 0 aliphatic carbocycles. The fraction of sp³-hybridized carbons (Fsp3) is 0.143. The van der Waals surface area contributed by atoms with Gasteiger partial charge in [0.05, 0.1) is 0 Å². The Balaban J connectivity index is 2.10. The zero-order valence-corrected chi connectivity index (χ0v) is 9.61. The van der Waals surface area contributed by atoms with Gasteiger partial charge in [-0.3, -0.25) is 0 Å². The third kappa shape index (κ3) is 2.75. The minimum absolute atomic E-state index is 0.205. The lowest BCUT2D eigenvalue weighted by Crippen LogP contribution is -2.00. The van der Waals surface area contributed by atoms with Crippen LogP contribution in [0.15, 0.2) is 42.5 Å². The summed E-state index contributed by atoms with van der Waals surface area (Å²) < 4.78 is 19.2. The highest BCUT2D eigenvalue weighted by atomic mass is 19.1. The molecule has 2 rings (SSSR count). The largest absolute Gasteiger partial charge is 0.489 e. The van der Waals surface area contributed by atoms with E-state index in [0.717, 1.165) is 0 Å². The molecule has 0 aliphatic rings. The number of halogens is 1. The van der Waals surface area contributed by atoms with Crippen LogP contribution in [0.2, 0.25) is 0 Å². The standard InChI is InChI=1S/C14H14FNO/c1-10-4-2-5-11(14(10)15)9-17-13-7-3-6-12(16)8-13/h2-8H,9,16H2,1H3. The van der Waals surface area contributed by atoms with Crippen molar-refractivity contribution in [1.82, 2.24) is 0 Å². The summed E-state index contributed by atoms with van der Waals surface area (Å²) in [6.45, 7) is 1.94. The Hall–Kier alpha value is -2.03. The molecule has 2 N–H and O–H groups in total. The lowest BCUT2D eigenvalue weighted by atomic mass is 10.1. The lowest BCUT2D eigenvalue weighted by molar-refractivity contribution is 0.299. The van der Waals surface area contributed by atoms with Crippen LogP contribution < -0.4 is 10.5 Å². The van der Waals surface area contributed by atoms with Gasteiger partial charge in [-0.25, -0.2) is 4.39 Å². The molecular formula is C14H14FNO. The van der Waals surface area contributed by atoms with Crippen LogP contribution in [0.3, 0.4) is 0 Å². The summed E-state index contributed by atoms with van der Waals surface area (Å²) in [5.74, 6) is 0.433. The summed E-state index contributed by atoms with van der Waals surface area (Å²) in [5.41, 5.74) is 7.43. The van der Waals surface area contributed by atoms with Crippen molar-refractivity contribution in [3.8, 4) is 5.75 Å². The average molecular weight is 231 g/mol. The quantitative estimate of drug-likeness (QED) is 0.822. The number of aryl methyl sites for hydroxylation is 1. The van der Waals surface area contributed by atoms with Crippen molar-refractivity contribution in [2.24, 2.45) is 0 Å². The number of anilines is 1. The Bertz CT molecular complexity index is 525. The second kappa shape index (κ2) is 4.87. The summed E-state index contributed by atoms with van der Waals surface area (Å²) in [5, 5.41) is 0. The van der Waals surface area contributed by atoms with E-state index in [1.807, 2.05) is 6.07 Å². The SMILES string of the molecule is Cc1cccc(COc2cccc(N)c2)c1F. The van der Waals surface area contributed by atoms with Gasteiger partial charge in [-0.2, -0.15) is 0 Å². The normalized spacial score (nSPS) is 10.2. The maximum absolute atomic E-state index is 13.7. The Kier molecular flexibility index (Phi) is 3.28. The van der Waals surface area contributed by atoms with Gasteiger partial charge in [0, 0.05) is 17.3 Å². The van der Waals surface area contributed by atoms with E-state index in [9.17, 15) is 4.39 Å². The monoisotopic (exact) mass is 231 g/mol. The van der Waals surface area contributed by atoms with Crippen LogP contribution in [0.5, 0.6) is 5.75 Å². The maximum atomic E-state index is 13.7. The van der Waals surface area contributed by atoms with Crippen LogP contribution in [-0.2, 0) is 6.61 Å². The van der Waals surface area contributed by atoms with Gasteiger partial charge in [0.25, 0.3) is 0 Å². The van der Waals surface area contributed by atoms with E-state index >= 15 is 0 Å². The van der Waals surface area contributed by atoms with E-state index in [2.05, 4.69) is 0 Å². The molecule has 0 atom stereocenters. The number of nitrogen functional groups attached to an aromatic ring is 1. The first-order valence-electron chi connectivity index (χ1n) is 5.39. The van der Waals surface area contributed by atoms with E-state index < -0.39 is 0 Å². The molecule has 0 aromatic heterocycles. The molecule has 17 heavy (non-hydrogen) atoms. The number of ether oxygens (including phenoxy) is 1. The van der Waals surface area contributed by atoms with E-state index in [4.69, 9.17) is 10.5 Å². The molecule has 0 bridgehead atoms. The number of hydrogen-bond donors (Lipinski definition) is 1. The Morgan fingerprint density at radius 2 is 1.94 bits per heavy atom. The van der Waals surface area contributed by atoms with E-state index in [1.165, 1.54) is 0 Å². The second-order valence-corrected chi connectivity index (χ2v) is 3.91. The van der Waals surface area contributed by atoms with E-state index in [-0.39, 0.29) is 12.4 Å². The number of hydrogen-bond acceptors (Lipinski definition) is 2. The summed E-state index contributed by atoms with van der Waals surface area (Å²) in [4.78, 5) is 0. The van der Waals surface area contributed by atoms with Gasteiger partial charge in [0.15, 0.2) is 0 Å². The van der Waals surface area contributed by atoms with Crippen LogP contribution in [0.25, 0.3) is 0 Å². The molecule has 0 heterocycles. The van der Waals surface area contributed by atoms with Gasteiger partial charge in [-0.15, -0.1) is 0 Å². The van der Waals surface area contributed by atoms with Gasteiger partial charge in [-0.05, 0) is 24.6 Å². The fourth-order valence-electron chi connectivity index (χ4n) is 1.59. The molecule has 0 amide bonds. The van der Waals surface area contributed by atoms with Crippen molar-refractivity contribution in [2.45, 2.75) is 13.5 Å². The fourth-order valence-corrected chi connectivity index (χ4v) is 1.59. The third-order valence-electron chi connectivity index (χ3n) is 2.52. The number of benzene rings is 2. The predicted octanol–water partition coefficient (Wildman–Crippen LogP) is 3.30. The summed E-state index contributed by atoms with van der Waals surface area (Å²) in [6.07, 6.45) is 0. The van der Waals surface area contributed by atoms with Gasteiger partial charge in [0.2, 0.25) is 0 Å². The minimum Gasteiger partial charge on any atom is -0.489 e. The third-order valence-corrected chi connectivity index (χ3v) is 2.52. The molecule has 0 saturated heterocycles. The first-order valence-corrected chi connectivity index (χ1v) is 5.39. The van der Waals surface area contributed by atoms with Crippen molar-refractivity contribution >= 4 is 5.69 Å². The average Bonchev–Trinajstić information content (AvgIpc) is 2.31. The minimum atomic E-state index is -0.212. The molecule has 2 nitrogen and oxygen atoms in total. The maximum Gasteiger partial charge on any atom is 0.132 e. The molecule has 0 fully saturated rings. The molecule has 0 spiro atoms. The van der Waals surface area contributed by atoms with E-state index in [1.54, 1.807) is 43.3 Å². The molecule has 0 radical (unpaired) electrons. The van der Waals surface area contributed by atoms with Gasteiger partial charge in [0.1, 0.15) is 18.2 Å². The van der Waals surface area contributed by atoms with Crippen molar-refractivity contribution in [2.75, 3.05) is 5.73 Å². The lowest BCUT2D eigenvalue weighted by Gasteiger charge is -2.08. The van der Waals surface area contributed by atoms with Crippen LogP contribution in [0.1, 0.15) is 11.1 Å². The first-order chi connectivity index (χ1) is 8.16. The molecule has 88 valence electrons. The molecule has 3 heteroatoms. The smallest absolute Gasteiger partial charge is 0.132 e. The number of nitrogens with two attached hydrogens (primary N) is 1. The van der Waals surface area contributed by atoms with Gasteiger partial charge >= 0.3 is 0 Å². The van der Waals surface area contributed by atoms with Crippen LogP contribution in [0, 0.1) is 12.7 Å². The van der Waals surface area contributed by atoms with Gasteiger partial charge < -0.3 is 10.5 Å². The zero-order valence-electron chi connectivity index (χ0n) is 9.61. The van der Waals surface area contributed by atoms with Crippen molar-refractivity contribution < 1.29 is 9.13 Å². The molecule has 0 unspecified atom stereocenters. The number of rotatable bonds is 3. The molecule has 2 aromatic carbocycles.